The van der Waals surface area contributed by atoms with Crippen molar-refractivity contribution in [3.05, 3.63) is 83.9 Å². The third-order valence-corrected chi connectivity index (χ3v) is 6.40. The number of hydrogen-bond donors (Lipinski definition) is 2. The van der Waals surface area contributed by atoms with E-state index >= 15 is 0 Å². The number of carbonyl (C=O) groups is 2. The molecule has 2 N–H and O–H groups in total. The molecular weight excluding hydrogens is 483 g/mol. The Balaban J connectivity index is 1.38. The summed E-state index contributed by atoms with van der Waals surface area (Å²) in [6, 6.07) is 14.5. The molecule has 2 amide bonds. The number of pyridine rings is 2. The van der Waals surface area contributed by atoms with Crippen LogP contribution in [0.4, 0.5) is 15.9 Å². The van der Waals surface area contributed by atoms with Crippen LogP contribution in [0.15, 0.2) is 67.1 Å². The van der Waals surface area contributed by atoms with Crippen LogP contribution < -0.4 is 10.6 Å². The summed E-state index contributed by atoms with van der Waals surface area (Å²) >= 11 is 0. The number of aromatic nitrogens is 4. The van der Waals surface area contributed by atoms with E-state index in [2.05, 4.69) is 30.8 Å². The van der Waals surface area contributed by atoms with Crippen molar-refractivity contribution in [2.24, 2.45) is 5.92 Å². The Morgan fingerprint density at radius 1 is 0.947 bits per heavy atom. The van der Waals surface area contributed by atoms with Crippen molar-refractivity contribution >= 4 is 23.3 Å². The van der Waals surface area contributed by atoms with Gasteiger partial charge in [-0.15, -0.1) is 5.10 Å². The van der Waals surface area contributed by atoms with Crippen LogP contribution in [0.5, 0.6) is 0 Å². The van der Waals surface area contributed by atoms with Crippen molar-refractivity contribution in [1.29, 1.82) is 0 Å². The number of rotatable bonds is 7. The van der Waals surface area contributed by atoms with Gasteiger partial charge < -0.3 is 10.6 Å². The lowest BCUT2D eigenvalue weighted by Crippen LogP contribution is -2.17. The molecule has 1 aromatic carbocycles. The van der Waals surface area contributed by atoms with E-state index in [9.17, 15) is 14.0 Å². The van der Waals surface area contributed by atoms with Gasteiger partial charge in [0.2, 0.25) is 5.91 Å². The van der Waals surface area contributed by atoms with Gasteiger partial charge in [0.25, 0.3) is 5.91 Å². The Labute approximate surface area is 219 Å². The highest BCUT2D eigenvalue weighted by Gasteiger charge is 2.29. The first-order valence-corrected chi connectivity index (χ1v) is 12.4. The molecule has 0 unspecified atom stereocenters. The largest absolute Gasteiger partial charge is 0.321 e. The molecule has 1 aliphatic carbocycles. The molecule has 3 aromatic heterocycles. The van der Waals surface area contributed by atoms with Gasteiger partial charge in [-0.1, -0.05) is 6.07 Å². The number of aryl methyl sites for hydroxylation is 1. The van der Waals surface area contributed by atoms with Crippen LogP contribution in [0.1, 0.15) is 48.3 Å². The number of carbonyl (C=O) groups excluding carboxylic acids is 2. The van der Waals surface area contributed by atoms with Gasteiger partial charge in [0.05, 0.1) is 11.9 Å². The standard InChI is InChI=1S/C29H27FN6O2/c1-17-4-7-22(34-28(38)25-14-21(16-33-36-25)29(2,3)30)15-23(17)19-8-10-31-24(12-19)20-9-11-32-26(13-20)35-27(37)18-5-6-18/h4,7-16,18H,5-6H2,1-3H3,(H,34,38)(H,32,35,37). The first-order valence-electron chi connectivity index (χ1n) is 12.4. The van der Waals surface area contributed by atoms with Gasteiger partial charge in [0, 0.05) is 35.1 Å². The molecule has 0 atom stereocenters. The summed E-state index contributed by atoms with van der Waals surface area (Å²) in [6.45, 7) is 4.78. The Kier molecular flexibility index (Phi) is 6.67. The zero-order chi connectivity index (χ0) is 26.9. The number of benzene rings is 1. The van der Waals surface area contributed by atoms with Crippen LogP contribution >= 0.6 is 0 Å². The smallest absolute Gasteiger partial charge is 0.276 e. The van der Waals surface area contributed by atoms with Crippen LogP contribution in [-0.4, -0.2) is 32.0 Å². The lowest BCUT2D eigenvalue weighted by Gasteiger charge is -2.14. The Bertz CT molecular complexity index is 1530. The molecule has 5 rings (SSSR count). The maximum absolute atomic E-state index is 14.3. The zero-order valence-corrected chi connectivity index (χ0v) is 21.3. The van der Waals surface area contributed by atoms with Crippen molar-refractivity contribution < 1.29 is 14.0 Å². The van der Waals surface area contributed by atoms with Gasteiger partial charge in [-0.3, -0.25) is 14.6 Å². The van der Waals surface area contributed by atoms with Gasteiger partial charge >= 0.3 is 0 Å². The lowest BCUT2D eigenvalue weighted by molar-refractivity contribution is -0.117. The SMILES string of the molecule is Cc1ccc(NC(=O)c2cc(C(C)(C)F)cnn2)cc1-c1ccnc(-c2ccnc(NC(=O)C3CC3)c2)c1. The summed E-state index contributed by atoms with van der Waals surface area (Å²) in [7, 11) is 0. The van der Waals surface area contributed by atoms with Crippen molar-refractivity contribution in [2.45, 2.75) is 39.3 Å². The fourth-order valence-corrected chi connectivity index (χ4v) is 4.00. The van der Waals surface area contributed by atoms with Crippen molar-refractivity contribution in [1.82, 2.24) is 20.2 Å². The first kappa shape index (κ1) is 25.1. The van der Waals surface area contributed by atoms with E-state index in [-0.39, 0.29) is 23.1 Å². The molecule has 1 saturated carbocycles. The lowest BCUT2D eigenvalue weighted by atomic mass is 9.99. The molecule has 1 fully saturated rings. The Morgan fingerprint density at radius 3 is 2.47 bits per heavy atom. The predicted octanol–water partition coefficient (Wildman–Crippen LogP) is 5.71. The van der Waals surface area contributed by atoms with Crippen LogP contribution in [-0.2, 0) is 10.5 Å². The van der Waals surface area contributed by atoms with Crippen LogP contribution in [0.25, 0.3) is 22.4 Å². The molecule has 0 aliphatic heterocycles. The molecule has 0 saturated heterocycles. The fraction of sp³-hybridized carbons (Fsp3) is 0.241. The van der Waals surface area contributed by atoms with E-state index in [1.54, 1.807) is 18.5 Å². The van der Waals surface area contributed by atoms with Crippen molar-refractivity contribution in [3.63, 3.8) is 0 Å². The summed E-state index contributed by atoms with van der Waals surface area (Å²) in [5.41, 5.74) is 3.60. The van der Waals surface area contributed by atoms with Crippen LogP contribution in [0, 0.1) is 12.8 Å². The van der Waals surface area contributed by atoms with Crippen LogP contribution in [0.2, 0.25) is 0 Å². The quantitative estimate of drug-likeness (QED) is 0.329. The number of alkyl halides is 1. The monoisotopic (exact) mass is 510 g/mol. The molecule has 9 heteroatoms. The molecule has 0 spiro atoms. The second-order valence-electron chi connectivity index (χ2n) is 9.91. The fourth-order valence-electron chi connectivity index (χ4n) is 4.00. The van der Waals surface area contributed by atoms with Crippen molar-refractivity contribution in [3.8, 4) is 22.4 Å². The third kappa shape index (κ3) is 5.72. The highest BCUT2D eigenvalue weighted by atomic mass is 19.1. The van der Waals surface area contributed by atoms with E-state index in [0.717, 1.165) is 40.8 Å². The number of anilines is 2. The topological polar surface area (TPSA) is 110 Å². The Morgan fingerprint density at radius 2 is 1.71 bits per heavy atom. The van der Waals surface area contributed by atoms with Gasteiger partial charge in [-0.05, 0) is 92.8 Å². The van der Waals surface area contributed by atoms with E-state index in [1.165, 1.54) is 26.1 Å². The maximum atomic E-state index is 14.3. The van der Waals surface area contributed by atoms with Gasteiger partial charge in [0.1, 0.15) is 11.5 Å². The molecule has 8 nitrogen and oxygen atoms in total. The second kappa shape index (κ2) is 10.1. The number of amides is 2. The average molecular weight is 511 g/mol. The molecule has 3 heterocycles. The summed E-state index contributed by atoms with van der Waals surface area (Å²) in [5, 5.41) is 13.3. The molecule has 0 bridgehead atoms. The van der Waals surface area contributed by atoms with Gasteiger partial charge in [-0.25, -0.2) is 9.37 Å². The number of nitrogens with one attached hydrogen (secondary N) is 2. The summed E-state index contributed by atoms with van der Waals surface area (Å²) in [4.78, 5) is 33.8. The van der Waals surface area contributed by atoms with E-state index in [1.807, 2.05) is 43.3 Å². The van der Waals surface area contributed by atoms with Crippen LogP contribution in [0.3, 0.4) is 0 Å². The highest BCUT2D eigenvalue weighted by molar-refractivity contribution is 6.03. The zero-order valence-electron chi connectivity index (χ0n) is 21.3. The van der Waals surface area contributed by atoms with E-state index < -0.39 is 11.6 Å². The third-order valence-electron chi connectivity index (χ3n) is 6.40. The summed E-state index contributed by atoms with van der Waals surface area (Å²) in [6.07, 6.45) is 6.52. The molecule has 1 aliphatic rings. The van der Waals surface area contributed by atoms with Crippen molar-refractivity contribution in [2.75, 3.05) is 10.6 Å². The summed E-state index contributed by atoms with van der Waals surface area (Å²) < 4.78 is 14.3. The normalized spacial score (nSPS) is 13.2. The predicted molar refractivity (Wildman–Crippen MR) is 143 cm³/mol. The van der Waals surface area contributed by atoms with E-state index in [0.29, 0.717) is 11.5 Å². The second-order valence-corrected chi connectivity index (χ2v) is 9.91. The number of halogens is 1. The molecule has 38 heavy (non-hydrogen) atoms. The first-order chi connectivity index (χ1) is 18.2. The van der Waals surface area contributed by atoms with Gasteiger partial charge in [0.15, 0.2) is 5.69 Å². The van der Waals surface area contributed by atoms with Gasteiger partial charge in [-0.2, -0.15) is 5.10 Å². The Hall–Kier alpha value is -4.53. The van der Waals surface area contributed by atoms with E-state index in [4.69, 9.17) is 0 Å². The minimum atomic E-state index is -1.64. The molecule has 192 valence electrons. The number of hydrogen-bond acceptors (Lipinski definition) is 6. The minimum Gasteiger partial charge on any atom is -0.321 e. The number of nitrogens with zero attached hydrogens (tertiary/aromatic N) is 4. The average Bonchev–Trinajstić information content (AvgIpc) is 3.75. The minimum absolute atomic E-state index is 0.00281. The molecule has 4 aromatic rings. The maximum Gasteiger partial charge on any atom is 0.276 e. The molecular formula is C29H27FN6O2. The molecule has 0 radical (unpaired) electrons. The highest BCUT2D eigenvalue weighted by Crippen LogP contribution is 2.32. The summed E-state index contributed by atoms with van der Waals surface area (Å²) in [5.74, 6) is 0.100.